The summed E-state index contributed by atoms with van der Waals surface area (Å²) in [6.45, 7) is 4.24. The lowest BCUT2D eigenvalue weighted by Crippen LogP contribution is -2.54. The molecule has 13 nitrogen and oxygen atoms in total. The van der Waals surface area contributed by atoms with Crippen LogP contribution in [0.2, 0.25) is 0 Å². The van der Waals surface area contributed by atoms with Crippen LogP contribution in [0.4, 0.5) is 0 Å². The number of hydrogen-bond acceptors (Lipinski definition) is 12. The Morgan fingerprint density at radius 1 is 0.774 bits per heavy atom. The summed E-state index contributed by atoms with van der Waals surface area (Å²) in [6, 6.07) is -0.686. The monoisotopic (exact) mass is 454 g/mol. The smallest absolute Gasteiger partial charge is 0.317 e. The predicted octanol–water partition coefficient (Wildman–Crippen LogP) is -3.01. The highest BCUT2D eigenvalue weighted by molar-refractivity contribution is 5.69. The van der Waals surface area contributed by atoms with Crippen molar-refractivity contribution in [2.45, 2.75) is 12.1 Å². The lowest BCUT2D eigenvalue weighted by atomic mass is 10.1. The number of carboxylic acids is 1. The fourth-order valence-electron chi connectivity index (χ4n) is 3.62. The molecule has 0 amide bonds. The minimum atomic E-state index is -1.13. The van der Waals surface area contributed by atoms with Gasteiger partial charge in [-0.3, -0.25) is 34.9 Å². The summed E-state index contributed by atoms with van der Waals surface area (Å²) in [5, 5.41) is 55.9. The Labute approximate surface area is 182 Å². The molecule has 0 aromatic carbocycles. The maximum Gasteiger partial charge on any atom is 0.317 e. The lowest BCUT2D eigenvalue weighted by molar-refractivity contribution is -0.245. The third-order valence-corrected chi connectivity index (χ3v) is 5.52. The second kappa shape index (κ2) is 16.6. The van der Waals surface area contributed by atoms with Crippen LogP contribution < -0.4 is 0 Å². The van der Waals surface area contributed by atoms with Crippen molar-refractivity contribution in [2.24, 2.45) is 0 Å². The quantitative estimate of drug-likeness (QED) is 0.130. The fourth-order valence-corrected chi connectivity index (χ4v) is 3.62. The summed E-state index contributed by atoms with van der Waals surface area (Å²) in [5.74, 6) is -0.951. The van der Waals surface area contributed by atoms with Gasteiger partial charge in [0.1, 0.15) is 0 Å². The van der Waals surface area contributed by atoms with E-state index in [2.05, 4.69) is 19.6 Å². The summed E-state index contributed by atoms with van der Waals surface area (Å²) >= 11 is 0. The van der Waals surface area contributed by atoms with Gasteiger partial charge in [0.15, 0.2) is 0 Å². The van der Waals surface area contributed by atoms with Gasteiger partial charge in [-0.15, -0.1) is 0 Å². The van der Waals surface area contributed by atoms with E-state index in [0.717, 1.165) is 0 Å². The molecule has 6 N–H and O–H groups in total. The van der Waals surface area contributed by atoms with Gasteiger partial charge in [-0.2, -0.15) is 0 Å². The first-order valence-electron chi connectivity index (χ1n) is 10.5. The zero-order valence-corrected chi connectivity index (χ0v) is 18.0. The maximum absolute atomic E-state index is 11.3. The topological polar surface area (TPSA) is 170 Å². The Bertz CT molecular complexity index is 477. The van der Waals surface area contributed by atoms with Gasteiger partial charge in [-0.1, -0.05) is 0 Å². The van der Waals surface area contributed by atoms with Crippen LogP contribution in [0.15, 0.2) is 0 Å². The first kappa shape index (κ1) is 28.1. The normalized spacial score (nSPS) is 21.3. The Hall–Kier alpha value is -0.970. The molecule has 0 aromatic rings. The summed E-state index contributed by atoms with van der Waals surface area (Å²) in [5.41, 5.74) is 0. The van der Waals surface area contributed by atoms with Crippen LogP contribution in [0, 0.1) is 0 Å². The van der Waals surface area contributed by atoms with Crippen LogP contribution in [-0.4, -0.2) is 167 Å². The Morgan fingerprint density at radius 2 is 1.23 bits per heavy atom. The van der Waals surface area contributed by atoms with E-state index in [0.29, 0.717) is 65.4 Å². The molecule has 2 unspecified atom stereocenters. The molecule has 1 aliphatic rings. The van der Waals surface area contributed by atoms with E-state index in [4.69, 9.17) is 10.5 Å². The molecule has 1 saturated heterocycles. The first-order chi connectivity index (χ1) is 14.9. The maximum atomic E-state index is 11.3. The molecule has 1 fully saturated rings. The number of carbonyl (C=O) groups is 1. The number of aliphatic hydroxyl groups is 3. The molecule has 0 radical (unpaired) electrons. The number of nitrogens with zero attached hydrogens (tertiary/aromatic N) is 4. The zero-order valence-electron chi connectivity index (χ0n) is 18.0. The third kappa shape index (κ3) is 11.5. The van der Waals surface area contributed by atoms with E-state index in [1.165, 1.54) is 0 Å². The average molecular weight is 455 g/mol. The number of aliphatic hydroxyl groups excluding tert-OH is 3. The summed E-state index contributed by atoms with van der Waals surface area (Å²) in [4.78, 5) is 27.4. The molecule has 1 heterocycles. The highest BCUT2D eigenvalue weighted by atomic mass is 17.1. The van der Waals surface area contributed by atoms with E-state index in [-0.39, 0.29) is 26.4 Å². The molecule has 0 spiro atoms. The van der Waals surface area contributed by atoms with Gasteiger partial charge < -0.3 is 20.4 Å². The largest absolute Gasteiger partial charge is 0.480 e. The second-order valence-corrected chi connectivity index (χ2v) is 7.56. The molecular formula is C18H38N4O9. The SMILES string of the molecule is O=C(O)CN1CCN(CCOO)CCN(CCOO)CCN(C(CO)C(O)CO)CC1. The lowest BCUT2D eigenvalue weighted by Gasteiger charge is -2.37. The van der Waals surface area contributed by atoms with Gasteiger partial charge in [0.25, 0.3) is 0 Å². The van der Waals surface area contributed by atoms with E-state index in [1.54, 1.807) is 4.90 Å². The van der Waals surface area contributed by atoms with Crippen molar-refractivity contribution in [3.05, 3.63) is 0 Å². The Balaban J connectivity index is 2.97. The van der Waals surface area contributed by atoms with Gasteiger partial charge in [0.2, 0.25) is 0 Å². The van der Waals surface area contributed by atoms with Crippen LogP contribution >= 0.6 is 0 Å². The van der Waals surface area contributed by atoms with Crippen molar-refractivity contribution in [1.82, 2.24) is 19.6 Å². The van der Waals surface area contributed by atoms with E-state index in [1.807, 2.05) is 4.90 Å². The van der Waals surface area contributed by atoms with Crippen molar-refractivity contribution in [3.63, 3.8) is 0 Å². The van der Waals surface area contributed by atoms with Crippen molar-refractivity contribution < 1.29 is 45.5 Å². The highest BCUT2D eigenvalue weighted by Crippen LogP contribution is 2.08. The van der Waals surface area contributed by atoms with Crippen LogP contribution in [-0.2, 0) is 14.6 Å². The van der Waals surface area contributed by atoms with Gasteiger partial charge in [0.05, 0.1) is 45.1 Å². The standard InChI is InChI=1S/C18H38N4O9/c23-14-16(17(25)15-24)22-7-5-20(10-12-31-29)2-1-19(9-11-30-28)3-4-21(6-8-22)13-18(26)27/h16-17,23-25,28-29H,1-15H2,(H,26,27). The van der Waals surface area contributed by atoms with Crippen LogP contribution in [0.25, 0.3) is 0 Å². The Kier molecular flexibility index (Phi) is 15.1. The molecule has 31 heavy (non-hydrogen) atoms. The summed E-state index contributed by atoms with van der Waals surface area (Å²) in [6.07, 6.45) is -1.13. The molecule has 0 saturated carbocycles. The molecule has 2 atom stereocenters. The predicted molar refractivity (Wildman–Crippen MR) is 110 cm³/mol. The third-order valence-electron chi connectivity index (χ3n) is 5.52. The molecule has 0 aromatic heterocycles. The number of hydrogen-bond donors (Lipinski definition) is 6. The van der Waals surface area contributed by atoms with Crippen LogP contribution in [0.3, 0.4) is 0 Å². The summed E-state index contributed by atoms with van der Waals surface area (Å²) in [7, 11) is 0. The van der Waals surface area contributed by atoms with E-state index in [9.17, 15) is 25.2 Å². The molecule has 13 heteroatoms. The summed E-state index contributed by atoms with van der Waals surface area (Å²) < 4.78 is 0. The fraction of sp³-hybridized carbons (Fsp3) is 0.944. The molecule has 1 rings (SSSR count). The van der Waals surface area contributed by atoms with Crippen molar-refractivity contribution in [1.29, 1.82) is 0 Å². The second-order valence-electron chi connectivity index (χ2n) is 7.56. The molecule has 0 aliphatic carbocycles. The van der Waals surface area contributed by atoms with E-state index < -0.39 is 24.7 Å². The minimum absolute atomic E-state index is 0.120. The minimum Gasteiger partial charge on any atom is -0.480 e. The van der Waals surface area contributed by atoms with Gasteiger partial charge in [0, 0.05) is 65.4 Å². The molecule has 1 aliphatic heterocycles. The number of carboxylic acid groups (broad SMARTS) is 1. The van der Waals surface area contributed by atoms with Gasteiger partial charge in [-0.25, -0.2) is 9.78 Å². The number of aliphatic carboxylic acids is 1. The molecule has 0 bridgehead atoms. The number of rotatable bonds is 12. The molecular weight excluding hydrogens is 416 g/mol. The van der Waals surface area contributed by atoms with E-state index >= 15 is 0 Å². The van der Waals surface area contributed by atoms with Crippen molar-refractivity contribution in [3.8, 4) is 0 Å². The highest BCUT2D eigenvalue weighted by Gasteiger charge is 2.27. The zero-order chi connectivity index (χ0) is 23.1. The van der Waals surface area contributed by atoms with Crippen molar-refractivity contribution in [2.75, 3.05) is 98.4 Å². The average Bonchev–Trinajstić information content (AvgIpc) is 2.75. The van der Waals surface area contributed by atoms with Crippen LogP contribution in [0.1, 0.15) is 0 Å². The van der Waals surface area contributed by atoms with Crippen LogP contribution in [0.5, 0.6) is 0 Å². The van der Waals surface area contributed by atoms with Gasteiger partial charge >= 0.3 is 5.97 Å². The molecule has 184 valence electrons. The van der Waals surface area contributed by atoms with Crippen molar-refractivity contribution >= 4 is 5.97 Å². The Morgan fingerprint density at radius 3 is 1.65 bits per heavy atom. The first-order valence-corrected chi connectivity index (χ1v) is 10.5. The van der Waals surface area contributed by atoms with Gasteiger partial charge in [-0.05, 0) is 0 Å².